The molecule has 1 aliphatic heterocycles. The number of halogens is 1. The molecule has 0 bridgehead atoms. The molecule has 1 aromatic carbocycles. The summed E-state index contributed by atoms with van der Waals surface area (Å²) in [5.74, 6) is -0.800. The van der Waals surface area contributed by atoms with Crippen LogP contribution in [0.15, 0.2) is 18.2 Å². The number of carbonyl (C=O) groups excluding carboxylic acids is 1. The van der Waals surface area contributed by atoms with Crippen LogP contribution in [-0.2, 0) is 0 Å². The summed E-state index contributed by atoms with van der Waals surface area (Å²) in [4.78, 5) is 14.0. The molecule has 19 heavy (non-hydrogen) atoms. The predicted molar refractivity (Wildman–Crippen MR) is 68.7 cm³/mol. The molecule has 104 valence electrons. The molecule has 1 aromatic rings. The smallest absolute Gasteiger partial charge is 0.257 e. The number of ether oxygens (including phenoxy) is 1. The first-order chi connectivity index (χ1) is 9.13. The molecule has 5 heteroatoms. The van der Waals surface area contributed by atoms with Gasteiger partial charge in [-0.1, -0.05) is 6.07 Å². The van der Waals surface area contributed by atoms with Crippen LogP contribution >= 0.6 is 0 Å². The van der Waals surface area contributed by atoms with E-state index in [2.05, 4.69) is 0 Å². The van der Waals surface area contributed by atoms with Crippen molar-refractivity contribution in [2.75, 3.05) is 20.2 Å². The summed E-state index contributed by atoms with van der Waals surface area (Å²) in [6, 6.07) is 4.32. The summed E-state index contributed by atoms with van der Waals surface area (Å²) in [5.41, 5.74) is 0.235. The van der Waals surface area contributed by atoms with Crippen molar-refractivity contribution in [1.29, 1.82) is 0 Å². The fourth-order valence-electron chi connectivity index (χ4n) is 2.34. The Hall–Kier alpha value is -1.62. The van der Waals surface area contributed by atoms with Crippen LogP contribution in [-0.4, -0.2) is 42.2 Å². The molecule has 0 aromatic heterocycles. The standard InChI is InChI=1S/C14H18FNO3/c1-19-13-11(5-2-6-12(13)15)14(18)16-8-3-4-10(17)7-9-16/h2,5-6,10,17H,3-4,7-9H2,1H3/t10-/m0/s1. The highest BCUT2D eigenvalue weighted by atomic mass is 19.1. The highest BCUT2D eigenvalue weighted by Gasteiger charge is 2.24. The molecule has 4 nitrogen and oxygen atoms in total. The van der Waals surface area contributed by atoms with Crippen LogP contribution in [0, 0.1) is 5.82 Å². The predicted octanol–water partition coefficient (Wildman–Crippen LogP) is 1.82. The number of nitrogens with zero attached hydrogens (tertiary/aromatic N) is 1. The van der Waals surface area contributed by atoms with E-state index in [1.54, 1.807) is 11.0 Å². The molecular formula is C14H18FNO3. The number of aliphatic hydroxyl groups is 1. The molecular weight excluding hydrogens is 249 g/mol. The van der Waals surface area contributed by atoms with E-state index in [0.29, 0.717) is 25.9 Å². The van der Waals surface area contributed by atoms with Gasteiger partial charge in [-0.3, -0.25) is 4.79 Å². The summed E-state index contributed by atoms with van der Waals surface area (Å²) in [6.45, 7) is 1.06. The Morgan fingerprint density at radius 1 is 1.42 bits per heavy atom. The van der Waals surface area contributed by atoms with Crippen LogP contribution < -0.4 is 4.74 Å². The molecule has 0 unspecified atom stereocenters. The molecule has 1 amide bonds. The van der Waals surface area contributed by atoms with Crippen molar-refractivity contribution in [3.8, 4) is 5.75 Å². The molecule has 1 saturated heterocycles. The summed E-state index contributed by atoms with van der Waals surface area (Å²) in [5, 5.41) is 9.58. The van der Waals surface area contributed by atoms with Crippen LogP contribution in [0.1, 0.15) is 29.6 Å². The van der Waals surface area contributed by atoms with Crippen LogP contribution in [0.4, 0.5) is 4.39 Å². The van der Waals surface area contributed by atoms with Gasteiger partial charge in [-0.15, -0.1) is 0 Å². The van der Waals surface area contributed by atoms with Gasteiger partial charge in [0.05, 0.1) is 18.8 Å². The van der Waals surface area contributed by atoms with Gasteiger partial charge in [0.2, 0.25) is 0 Å². The number of aliphatic hydroxyl groups excluding tert-OH is 1. The number of likely N-dealkylation sites (tertiary alicyclic amines) is 1. The molecule has 0 spiro atoms. The average Bonchev–Trinajstić information content (AvgIpc) is 2.62. The zero-order valence-corrected chi connectivity index (χ0v) is 10.9. The Morgan fingerprint density at radius 3 is 2.95 bits per heavy atom. The Balaban J connectivity index is 2.21. The summed E-state index contributed by atoms with van der Waals surface area (Å²) >= 11 is 0. The number of rotatable bonds is 2. The molecule has 1 atom stereocenters. The van der Waals surface area contributed by atoms with Gasteiger partial charge in [0.1, 0.15) is 0 Å². The normalized spacial score (nSPS) is 19.9. The highest BCUT2D eigenvalue weighted by Crippen LogP contribution is 2.24. The van der Waals surface area contributed by atoms with Crippen molar-refractivity contribution < 1.29 is 19.0 Å². The number of amides is 1. The Bertz CT molecular complexity index is 464. The lowest BCUT2D eigenvalue weighted by molar-refractivity contribution is 0.0749. The van der Waals surface area contributed by atoms with Crippen LogP contribution in [0.25, 0.3) is 0 Å². The lowest BCUT2D eigenvalue weighted by Gasteiger charge is -2.21. The number of para-hydroxylation sites is 1. The van der Waals surface area contributed by atoms with E-state index in [-0.39, 0.29) is 23.3 Å². The lowest BCUT2D eigenvalue weighted by atomic mass is 10.1. The lowest BCUT2D eigenvalue weighted by Crippen LogP contribution is -2.32. The van der Waals surface area contributed by atoms with Crippen molar-refractivity contribution in [3.63, 3.8) is 0 Å². The van der Waals surface area contributed by atoms with E-state index >= 15 is 0 Å². The number of methoxy groups -OCH3 is 1. The van der Waals surface area contributed by atoms with Crippen LogP contribution in [0.3, 0.4) is 0 Å². The second kappa shape index (κ2) is 6.02. The second-order valence-electron chi connectivity index (χ2n) is 4.70. The second-order valence-corrected chi connectivity index (χ2v) is 4.70. The molecule has 0 aliphatic carbocycles. The molecule has 0 radical (unpaired) electrons. The van der Waals surface area contributed by atoms with Crippen molar-refractivity contribution in [2.45, 2.75) is 25.4 Å². The SMILES string of the molecule is COc1c(F)cccc1C(=O)N1CCC[C@H](O)CC1. The van der Waals surface area contributed by atoms with E-state index < -0.39 is 5.82 Å². The minimum Gasteiger partial charge on any atom is -0.493 e. The fraction of sp³-hybridized carbons (Fsp3) is 0.500. The van der Waals surface area contributed by atoms with Crippen molar-refractivity contribution >= 4 is 5.91 Å². The number of hydrogen-bond donors (Lipinski definition) is 1. The topological polar surface area (TPSA) is 49.8 Å². The first-order valence-electron chi connectivity index (χ1n) is 6.43. The third kappa shape index (κ3) is 3.04. The van der Waals surface area contributed by atoms with Gasteiger partial charge in [0.15, 0.2) is 11.6 Å². The molecule has 1 fully saturated rings. The molecule has 1 aliphatic rings. The van der Waals surface area contributed by atoms with Crippen molar-refractivity contribution in [3.05, 3.63) is 29.6 Å². The van der Waals surface area contributed by atoms with Crippen molar-refractivity contribution in [1.82, 2.24) is 4.90 Å². The van der Waals surface area contributed by atoms with Gasteiger partial charge in [0.25, 0.3) is 5.91 Å². The summed E-state index contributed by atoms with van der Waals surface area (Å²) in [6.07, 6.45) is 1.66. The molecule has 1 N–H and O–H groups in total. The van der Waals surface area contributed by atoms with Gasteiger partial charge >= 0.3 is 0 Å². The van der Waals surface area contributed by atoms with Gasteiger partial charge in [0, 0.05) is 13.1 Å². The minimum absolute atomic E-state index is 0.0164. The van der Waals surface area contributed by atoms with Gasteiger partial charge in [-0.25, -0.2) is 4.39 Å². The third-order valence-electron chi connectivity index (χ3n) is 3.39. The fourth-order valence-corrected chi connectivity index (χ4v) is 2.34. The van der Waals surface area contributed by atoms with E-state index in [1.165, 1.54) is 19.2 Å². The Kier molecular flexibility index (Phi) is 4.37. The Labute approximate surface area is 111 Å². The zero-order valence-electron chi connectivity index (χ0n) is 10.9. The van der Waals surface area contributed by atoms with Gasteiger partial charge < -0.3 is 14.7 Å². The molecule has 1 heterocycles. The maximum absolute atomic E-state index is 13.6. The molecule has 0 saturated carbocycles. The van der Waals surface area contributed by atoms with Gasteiger partial charge in [-0.05, 0) is 31.4 Å². The highest BCUT2D eigenvalue weighted by molar-refractivity contribution is 5.97. The number of carbonyl (C=O) groups is 1. The summed E-state index contributed by atoms with van der Waals surface area (Å²) < 4.78 is 18.6. The zero-order chi connectivity index (χ0) is 13.8. The molecule has 2 rings (SSSR count). The van der Waals surface area contributed by atoms with E-state index in [1.807, 2.05) is 0 Å². The summed E-state index contributed by atoms with van der Waals surface area (Å²) in [7, 11) is 1.35. The Morgan fingerprint density at radius 2 is 2.21 bits per heavy atom. The first kappa shape index (κ1) is 13.8. The van der Waals surface area contributed by atoms with Crippen molar-refractivity contribution in [2.24, 2.45) is 0 Å². The number of benzene rings is 1. The third-order valence-corrected chi connectivity index (χ3v) is 3.39. The van der Waals surface area contributed by atoms with Crippen LogP contribution in [0.2, 0.25) is 0 Å². The maximum atomic E-state index is 13.6. The van der Waals surface area contributed by atoms with Crippen LogP contribution in [0.5, 0.6) is 5.75 Å². The first-order valence-corrected chi connectivity index (χ1v) is 6.43. The maximum Gasteiger partial charge on any atom is 0.257 e. The largest absolute Gasteiger partial charge is 0.493 e. The van der Waals surface area contributed by atoms with Gasteiger partial charge in [-0.2, -0.15) is 0 Å². The van der Waals surface area contributed by atoms with E-state index in [9.17, 15) is 14.3 Å². The van der Waals surface area contributed by atoms with E-state index in [4.69, 9.17) is 4.74 Å². The van der Waals surface area contributed by atoms with E-state index in [0.717, 1.165) is 6.42 Å². The number of hydrogen-bond acceptors (Lipinski definition) is 3. The minimum atomic E-state index is -0.539. The quantitative estimate of drug-likeness (QED) is 0.889. The average molecular weight is 267 g/mol. The monoisotopic (exact) mass is 267 g/mol.